The van der Waals surface area contributed by atoms with E-state index in [-0.39, 0.29) is 17.5 Å². The van der Waals surface area contributed by atoms with Crippen LogP contribution in [0.2, 0.25) is 0 Å². The van der Waals surface area contributed by atoms with Gasteiger partial charge in [0, 0.05) is 17.4 Å². The summed E-state index contributed by atoms with van der Waals surface area (Å²) >= 11 is 0. The van der Waals surface area contributed by atoms with Gasteiger partial charge in [0.25, 0.3) is 0 Å². The number of hydrogen-bond acceptors (Lipinski definition) is 5. The van der Waals surface area contributed by atoms with Gasteiger partial charge in [0.05, 0.1) is 13.2 Å². The molecular weight excluding hydrogens is 332 g/mol. The van der Waals surface area contributed by atoms with Gasteiger partial charge in [-0.05, 0) is 50.5 Å². The third-order valence-corrected chi connectivity index (χ3v) is 4.22. The van der Waals surface area contributed by atoms with Crippen molar-refractivity contribution in [3.63, 3.8) is 0 Å². The van der Waals surface area contributed by atoms with E-state index in [1.807, 2.05) is 45.9 Å². The van der Waals surface area contributed by atoms with Crippen LogP contribution >= 0.6 is 0 Å². The van der Waals surface area contributed by atoms with Gasteiger partial charge < -0.3 is 19.9 Å². The minimum absolute atomic E-state index is 0.0366. The van der Waals surface area contributed by atoms with E-state index in [1.165, 1.54) is 0 Å². The Bertz CT molecular complexity index is 786. The van der Waals surface area contributed by atoms with Crippen LogP contribution in [-0.4, -0.2) is 29.3 Å². The van der Waals surface area contributed by atoms with Crippen LogP contribution in [0, 0.1) is 13.8 Å². The quantitative estimate of drug-likeness (QED) is 0.711. The predicted molar refractivity (Wildman–Crippen MR) is 102 cm³/mol. The SMILES string of the molecule is CCC(CC)Oc1cc(C)nc(Nc2ccc(OC)cc2C)c1C(=O)O. The Kier molecular flexibility index (Phi) is 6.44. The molecule has 0 atom stereocenters. The summed E-state index contributed by atoms with van der Waals surface area (Å²) in [4.78, 5) is 16.3. The Balaban J connectivity index is 2.47. The van der Waals surface area contributed by atoms with Crippen molar-refractivity contribution < 1.29 is 19.4 Å². The van der Waals surface area contributed by atoms with E-state index in [2.05, 4.69) is 10.3 Å². The highest BCUT2D eigenvalue weighted by Gasteiger charge is 2.22. The average Bonchev–Trinajstić information content (AvgIpc) is 2.60. The Morgan fingerprint density at radius 2 is 1.92 bits per heavy atom. The Hall–Kier alpha value is -2.76. The molecule has 2 aromatic rings. The van der Waals surface area contributed by atoms with Crippen LogP contribution in [0.25, 0.3) is 0 Å². The molecular formula is C20H26N2O4. The summed E-state index contributed by atoms with van der Waals surface area (Å²) in [6.07, 6.45) is 1.57. The van der Waals surface area contributed by atoms with Crippen LogP contribution in [-0.2, 0) is 0 Å². The predicted octanol–water partition coefficient (Wildman–Crippen LogP) is 4.72. The maximum absolute atomic E-state index is 11.9. The first-order valence-corrected chi connectivity index (χ1v) is 8.72. The molecule has 0 unspecified atom stereocenters. The number of pyridine rings is 1. The molecule has 0 bridgehead atoms. The first-order valence-electron chi connectivity index (χ1n) is 8.72. The van der Waals surface area contributed by atoms with Crippen molar-refractivity contribution >= 4 is 17.5 Å². The maximum Gasteiger partial charge on any atom is 0.343 e. The monoisotopic (exact) mass is 358 g/mol. The lowest BCUT2D eigenvalue weighted by atomic mass is 10.1. The van der Waals surface area contributed by atoms with Crippen molar-refractivity contribution in [2.45, 2.75) is 46.6 Å². The molecule has 0 aliphatic rings. The molecule has 0 spiro atoms. The lowest BCUT2D eigenvalue weighted by Gasteiger charge is -2.20. The summed E-state index contributed by atoms with van der Waals surface area (Å²) in [6.45, 7) is 7.77. The molecule has 0 fully saturated rings. The summed E-state index contributed by atoms with van der Waals surface area (Å²) in [5, 5.41) is 12.9. The Morgan fingerprint density at radius 1 is 1.23 bits per heavy atom. The standard InChI is InChI=1S/C20H26N2O4/c1-6-14(7-2)26-17-11-13(4)21-19(18(17)20(23)24)22-16-9-8-15(25-5)10-12(16)3/h8-11,14H,6-7H2,1-5H3,(H,21,22)(H,23,24). The van der Waals surface area contributed by atoms with E-state index in [4.69, 9.17) is 9.47 Å². The smallest absolute Gasteiger partial charge is 0.343 e. The third kappa shape index (κ3) is 4.45. The highest BCUT2D eigenvalue weighted by Crippen LogP contribution is 2.31. The summed E-state index contributed by atoms with van der Waals surface area (Å²) in [5.74, 6) is 0.271. The second-order valence-electron chi connectivity index (χ2n) is 6.15. The number of nitrogens with zero attached hydrogens (tertiary/aromatic N) is 1. The lowest BCUT2D eigenvalue weighted by Crippen LogP contribution is -2.17. The highest BCUT2D eigenvalue weighted by molar-refractivity contribution is 5.97. The number of methoxy groups -OCH3 is 1. The average molecular weight is 358 g/mol. The van der Waals surface area contributed by atoms with Crippen molar-refractivity contribution in [2.24, 2.45) is 0 Å². The maximum atomic E-state index is 11.9. The van der Waals surface area contributed by atoms with Gasteiger partial charge in [-0.3, -0.25) is 0 Å². The molecule has 2 rings (SSSR count). The van der Waals surface area contributed by atoms with Gasteiger partial charge in [-0.25, -0.2) is 9.78 Å². The molecule has 0 amide bonds. The summed E-state index contributed by atoms with van der Waals surface area (Å²) in [5.41, 5.74) is 2.41. The Labute approximate surface area is 154 Å². The number of benzene rings is 1. The first-order chi connectivity index (χ1) is 12.4. The fourth-order valence-electron chi connectivity index (χ4n) is 2.70. The molecule has 0 aliphatic heterocycles. The number of ether oxygens (including phenoxy) is 2. The molecule has 0 radical (unpaired) electrons. The number of aromatic nitrogens is 1. The Morgan fingerprint density at radius 3 is 2.46 bits per heavy atom. The molecule has 0 aliphatic carbocycles. The van der Waals surface area contributed by atoms with Crippen molar-refractivity contribution in [1.29, 1.82) is 0 Å². The number of carboxylic acids is 1. The molecule has 6 heteroatoms. The van der Waals surface area contributed by atoms with Gasteiger partial charge in [0.2, 0.25) is 0 Å². The largest absolute Gasteiger partial charge is 0.497 e. The zero-order chi connectivity index (χ0) is 19.3. The number of aryl methyl sites for hydroxylation is 2. The van der Waals surface area contributed by atoms with Gasteiger partial charge in [-0.15, -0.1) is 0 Å². The van der Waals surface area contributed by atoms with Gasteiger partial charge in [0.1, 0.15) is 22.9 Å². The number of carboxylic acid groups (broad SMARTS) is 1. The molecule has 140 valence electrons. The second-order valence-corrected chi connectivity index (χ2v) is 6.15. The van der Waals surface area contributed by atoms with Crippen LogP contribution < -0.4 is 14.8 Å². The van der Waals surface area contributed by atoms with E-state index in [0.717, 1.165) is 29.8 Å². The number of aromatic carboxylic acids is 1. The van der Waals surface area contributed by atoms with E-state index < -0.39 is 5.97 Å². The van der Waals surface area contributed by atoms with Gasteiger partial charge in [-0.2, -0.15) is 0 Å². The molecule has 0 saturated heterocycles. The fourth-order valence-corrected chi connectivity index (χ4v) is 2.70. The number of carbonyl (C=O) groups is 1. The molecule has 2 N–H and O–H groups in total. The zero-order valence-corrected chi connectivity index (χ0v) is 15.9. The van der Waals surface area contributed by atoms with Crippen LogP contribution in [0.4, 0.5) is 11.5 Å². The number of nitrogens with one attached hydrogen (secondary N) is 1. The fraction of sp³-hybridized carbons (Fsp3) is 0.400. The van der Waals surface area contributed by atoms with Crippen LogP contribution in [0.1, 0.15) is 48.3 Å². The number of hydrogen-bond donors (Lipinski definition) is 2. The van der Waals surface area contributed by atoms with Crippen molar-refractivity contribution in [2.75, 3.05) is 12.4 Å². The summed E-state index contributed by atoms with van der Waals surface area (Å²) in [6, 6.07) is 7.20. The molecule has 1 aromatic carbocycles. The second kappa shape index (κ2) is 8.56. The van der Waals surface area contributed by atoms with Crippen molar-refractivity contribution in [1.82, 2.24) is 4.98 Å². The van der Waals surface area contributed by atoms with Gasteiger partial charge in [-0.1, -0.05) is 13.8 Å². The minimum Gasteiger partial charge on any atom is -0.497 e. The lowest BCUT2D eigenvalue weighted by molar-refractivity contribution is 0.0689. The van der Waals surface area contributed by atoms with Crippen LogP contribution in [0.5, 0.6) is 11.5 Å². The zero-order valence-electron chi connectivity index (χ0n) is 15.9. The molecule has 1 heterocycles. The van der Waals surface area contributed by atoms with E-state index in [1.54, 1.807) is 13.2 Å². The molecule has 26 heavy (non-hydrogen) atoms. The summed E-state index contributed by atoms with van der Waals surface area (Å²) < 4.78 is 11.2. The minimum atomic E-state index is -1.08. The van der Waals surface area contributed by atoms with E-state index in [9.17, 15) is 9.90 Å². The van der Waals surface area contributed by atoms with E-state index >= 15 is 0 Å². The molecule has 0 saturated carbocycles. The normalized spacial score (nSPS) is 10.7. The van der Waals surface area contributed by atoms with Crippen molar-refractivity contribution in [3.8, 4) is 11.5 Å². The first kappa shape index (κ1) is 19.6. The number of rotatable bonds is 8. The number of anilines is 2. The third-order valence-electron chi connectivity index (χ3n) is 4.22. The summed E-state index contributed by atoms with van der Waals surface area (Å²) in [7, 11) is 1.61. The molecule has 6 nitrogen and oxygen atoms in total. The topological polar surface area (TPSA) is 80.7 Å². The van der Waals surface area contributed by atoms with Gasteiger partial charge >= 0.3 is 5.97 Å². The van der Waals surface area contributed by atoms with Gasteiger partial charge in [0.15, 0.2) is 0 Å². The van der Waals surface area contributed by atoms with Crippen LogP contribution in [0.15, 0.2) is 24.3 Å². The highest BCUT2D eigenvalue weighted by atomic mass is 16.5. The van der Waals surface area contributed by atoms with Crippen LogP contribution in [0.3, 0.4) is 0 Å². The van der Waals surface area contributed by atoms with E-state index in [0.29, 0.717) is 11.4 Å². The van der Waals surface area contributed by atoms with Crippen molar-refractivity contribution in [3.05, 3.63) is 41.1 Å². The molecule has 1 aromatic heterocycles.